The zero-order valence-corrected chi connectivity index (χ0v) is 8.66. The summed E-state index contributed by atoms with van der Waals surface area (Å²) in [5.41, 5.74) is 5.15. The maximum absolute atomic E-state index is 9.86. The molecule has 1 atom stereocenters. The fourth-order valence-corrected chi connectivity index (χ4v) is 0.674. The molecule has 0 rings (SSSR count). The van der Waals surface area contributed by atoms with Gasteiger partial charge in [-0.15, -0.1) is 19.2 Å². The third kappa shape index (κ3) is 33.3. The molecule has 0 saturated carbocycles. The first-order valence-electron chi connectivity index (χ1n) is 3.34. The maximum Gasteiger partial charge on any atom is 0.694 e. The van der Waals surface area contributed by atoms with Gasteiger partial charge in [-0.2, -0.15) is 0 Å². The predicted octanol–water partition coefficient (Wildman–Crippen LogP) is 0.0200. The molecule has 0 aliphatic heterocycles. The molecule has 0 bridgehead atoms. The van der Waals surface area contributed by atoms with E-state index in [4.69, 9.17) is 25.0 Å². The molecule has 78 valence electrons. The van der Waals surface area contributed by atoms with Crippen LogP contribution in [0, 0.1) is 0 Å². The quantitative estimate of drug-likeness (QED) is 0.389. The number of rotatable bonds is 5. The Morgan fingerprint density at radius 2 is 1.62 bits per heavy atom. The topological polar surface area (TPSA) is 130 Å². The molecule has 0 spiro atoms. The zero-order chi connectivity index (χ0) is 10.7. The Balaban J connectivity index is 0. The molecule has 0 saturated heterocycles. The highest BCUT2D eigenvalue weighted by molar-refractivity contribution is 7.32. The molecular weight excluding hydrogens is 220 g/mol. The van der Waals surface area contributed by atoms with Gasteiger partial charge in [0.25, 0.3) is 0 Å². The van der Waals surface area contributed by atoms with Gasteiger partial charge in [-0.3, -0.25) is 0 Å². The van der Waals surface area contributed by atoms with Crippen molar-refractivity contribution in [3.05, 3.63) is 0 Å². The molecule has 0 aromatic carbocycles. The first kappa shape index (κ1) is 15.5. The number of nitrogens with two attached hydrogens (primary N) is 1. The second kappa shape index (κ2) is 12.0. The van der Waals surface area contributed by atoms with Crippen LogP contribution >= 0.6 is 16.5 Å². The average molecular weight is 233 g/mol. The van der Waals surface area contributed by atoms with Crippen molar-refractivity contribution in [2.45, 2.75) is 12.8 Å². The lowest BCUT2D eigenvalue weighted by Gasteiger charge is -1.88. The second-order valence-corrected chi connectivity index (χ2v) is 3.06. The highest BCUT2D eigenvalue weighted by Crippen LogP contribution is 2.14. The minimum Gasteiger partial charge on any atom is -0.330 e. The summed E-state index contributed by atoms with van der Waals surface area (Å²) in [6.07, 6.45) is 1.58. The molecule has 9 heteroatoms. The van der Waals surface area contributed by atoms with Crippen molar-refractivity contribution in [3.63, 3.8) is 0 Å². The largest absolute Gasteiger partial charge is 0.694 e. The predicted molar refractivity (Wildman–Crippen MR) is 46.1 cm³/mol. The van der Waals surface area contributed by atoms with Gasteiger partial charge in [-0.05, 0) is 19.4 Å². The molecular formula is C4H13NO6P2+2. The standard InChI is InChI=1S/C4H10NO3P.HO3P/c5-3-1-2-4-8-9(6)7;1-4(2)3/h1-5H2;(H-,1,2,3)/p+2. The third-order valence-corrected chi connectivity index (χ3v) is 1.20. The lowest BCUT2D eigenvalue weighted by Crippen LogP contribution is -1.99. The van der Waals surface area contributed by atoms with Crippen LogP contribution in [0.1, 0.15) is 12.8 Å². The highest BCUT2D eigenvalue weighted by Gasteiger charge is 2.09. The van der Waals surface area contributed by atoms with Crippen LogP contribution in [0.4, 0.5) is 0 Å². The first-order chi connectivity index (χ1) is 6.00. The summed E-state index contributed by atoms with van der Waals surface area (Å²) in [5, 5.41) is 0. The van der Waals surface area contributed by atoms with E-state index in [0.717, 1.165) is 12.8 Å². The van der Waals surface area contributed by atoms with Crippen molar-refractivity contribution in [2.24, 2.45) is 5.73 Å². The Bertz CT molecular complexity index is 150. The van der Waals surface area contributed by atoms with Crippen LogP contribution in [0.3, 0.4) is 0 Å². The van der Waals surface area contributed by atoms with Crippen molar-refractivity contribution in [1.29, 1.82) is 0 Å². The summed E-state index contributed by atoms with van der Waals surface area (Å²) in [5.74, 6) is 0. The monoisotopic (exact) mass is 233 g/mol. The molecule has 0 aliphatic rings. The molecule has 0 aromatic heterocycles. The van der Waals surface area contributed by atoms with Gasteiger partial charge in [0, 0.05) is 9.13 Å². The lowest BCUT2D eigenvalue weighted by atomic mass is 10.3. The van der Waals surface area contributed by atoms with Gasteiger partial charge in [0.05, 0.1) is 0 Å². The van der Waals surface area contributed by atoms with Gasteiger partial charge >= 0.3 is 16.5 Å². The molecule has 0 radical (unpaired) electrons. The number of unbranched alkanes of at least 4 members (excludes halogenated alkanes) is 1. The van der Waals surface area contributed by atoms with Crippen LogP contribution < -0.4 is 5.73 Å². The summed E-state index contributed by atoms with van der Waals surface area (Å²) in [4.78, 5) is 22.3. The first-order valence-corrected chi connectivity index (χ1v) is 5.64. The van der Waals surface area contributed by atoms with Crippen molar-refractivity contribution >= 4 is 16.5 Å². The molecule has 1 unspecified atom stereocenters. The number of hydrogen-bond donors (Lipinski definition) is 4. The van der Waals surface area contributed by atoms with Gasteiger partial charge in [0.15, 0.2) is 0 Å². The third-order valence-electron chi connectivity index (χ3n) is 0.800. The molecule has 7 nitrogen and oxygen atoms in total. The van der Waals surface area contributed by atoms with Gasteiger partial charge in [-0.25, -0.2) is 0 Å². The van der Waals surface area contributed by atoms with E-state index in [2.05, 4.69) is 4.52 Å². The highest BCUT2D eigenvalue weighted by atomic mass is 31.1. The Kier molecular flexibility index (Phi) is 14.3. The molecule has 5 N–H and O–H groups in total. The van der Waals surface area contributed by atoms with Crippen molar-refractivity contribution in [2.75, 3.05) is 13.2 Å². The van der Waals surface area contributed by atoms with E-state index in [-0.39, 0.29) is 0 Å². The van der Waals surface area contributed by atoms with Crippen molar-refractivity contribution in [1.82, 2.24) is 0 Å². The Labute approximate surface area is 77.4 Å². The SMILES string of the molecule is NCCCCO[P+](=O)O.O=[P+](O)O. The molecule has 13 heavy (non-hydrogen) atoms. The van der Waals surface area contributed by atoms with Crippen LogP contribution in [0.5, 0.6) is 0 Å². The lowest BCUT2D eigenvalue weighted by molar-refractivity contribution is 0.275. The Hall–Kier alpha value is -0.0000000000000000694. The zero-order valence-electron chi connectivity index (χ0n) is 6.87. The second-order valence-electron chi connectivity index (χ2n) is 1.82. The molecule has 0 aromatic rings. The van der Waals surface area contributed by atoms with Gasteiger partial charge in [0.1, 0.15) is 6.61 Å². The molecule has 0 aliphatic carbocycles. The maximum atomic E-state index is 9.86. The number of hydrogen-bond acceptors (Lipinski definition) is 4. The van der Waals surface area contributed by atoms with E-state index in [1.807, 2.05) is 0 Å². The normalized spacial score (nSPS) is 10.0. The van der Waals surface area contributed by atoms with E-state index in [1.165, 1.54) is 0 Å². The van der Waals surface area contributed by atoms with Crippen LogP contribution in [0.25, 0.3) is 0 Å². The van der Waals surface area contributed by atoms with Gasteiger partial charge in [0.2, 0.25) is 0 Å². The Morgan fingerprint density at radius 3 is 1.92 bits per heavy atom. The molecule has 0 heterocycles. The van der Waals surface area contributed by atoms with E-state index in [1.54, 1.807) is 0 Å². The van der Waals surface area contributed by atoms with Crippen LogP contribution in [0.2, 0.25) is 0 Å². The summed E-state index contributed by atoms with van der Waals surface area (Å²) < 4.78 is 22.9. The van der Waals surface area contributed by atoms with Crippen molar-refractivity contribution < 1.29 is 28.3 Å². The average Bonchev–Trinajstić information content (AvgIpc) is 1.97. The van der Waals surface area contributed by atoms with E-state index >= 15 is 0 Å². The summed E-state index contributed by atoms with van der Waals surface area (Å²) in [7, 11) is -5.28. The fraction of sp³-hybridized carbons (Fsp3) is 1.00. The van der Waals surface area contributed by atoms with Crippen LogP contribution in [0.15, 0.2) is 0 Å². The summed E-state index contributed by atoms with van der Waals surface area (Å²) >= 11 is 0. The van der Waals surface area contributed by atoms with E-state index in [0.29, 0.717) is 13.2 Å². The van der Waals surface area contributed by atoms with Gasteiger partial charge < -0.3 is 5.73 Å². The van der Waals surface area contributed by atoms with Gasteiger partial charge in [-0.1, -0.05) is 0 Å². The fourth-order valence-electron chi connectivity index (χ4n) is 0.389. The summed E-state index contributed by atoms with van der Waals surface area (Å²) in [6.45, 7) is 0.925. The summed E-state index contributed by atoms with van der Waals surface area (Å²) in [6, 6.07) is 0. The van der Waals surface area contributed by atoms with E-state index < -0.39 is 16.5 Å². The molecule has 0 fully saturated rings. The Morgan fingerprint density at radius 1 is 1.15 bits per heavy atom. The van der Waals surface area contributed by atoms with E-state index in [9.17, 15) is 4.57 Å². The minimum absolute atomic E-state index is 0.322. The van der Waals surface area contributed by atoms with Crippen molar-refractivity contribution in [3.8, 4) is 0 Å². The molecule has 0 amide bonds. The minimum atomic E-state index is -2.87. The smallest absolute Gasteiger partial charge is 0.330 e. The van der Waals surface area contributed by atoms with Crippen LogP contribution in [-0.2, 0) is 13.7 Å². The van der Waals surface area contributed by atoms with Crippen LogP contribution in [-0.4, -0.2) is 27.8 Å².